The molecule has 2 aromatic carbocycles. The second-order valence-corrected chi connectivity index (χ2v) is 5.68. The highest BCUT2D eigenvalue weighted by Crippen LogP contribution is 2.18. The van der Waals surface area contributed by atoms with Crippen LogP contribution < -0.4 is 5.32 Å². The van der Waals surface area contributed by atoms with Crippen molar-refractivity contribution < 1.29 is 8.78 Å². The molecule has 1 unspecified atom stereocenters. The van der Waals surface area contributed by atoms with Crippen molar-refractivity contribution in [3.8, 4) is 0 Å². The molecule has 20 heavy (non-hydrogen) atoms. The Balaban J connectivity index is 2.09. The fraction of sp³-hybridized carbons (Fsp3) is 0.250. The number of likely N-dealkylation sites (N-methyl/N-ethyl adjacent to an activating group) is 1. The molecule has 1 N–H and O–H groups in total. The Labute approximate surface area is 126 Å². The molecule has 0 bridgehead atoms. The van der Waals surface area contributed by atoms with Crippen LogP contribution in [0.15, 0.2) is 46.9 Å². The quantitative estimate of drug-likeness (QED) is 0.864. The smallest absolute Gasteiger partial charge is 0.127 e. The maximum absolute atomic E-state index is 13.8. The van der Waals surface area contributed by atoms with Crippen LogP contribution in [-0.2, 0) is 12.8 Å². The van der Waals surface area contributed by atoms with Crippen molar-refractivity contribution in [2.24, 2.45) is 0 Å². The molecule has 0 heterocycles. The van der Waals surface area contributed by atoms with E-state index in [0.29, 0.717) is 18.4 Å². The van der Waals surface area contributed by atoms with Gasteiger partial charge >= 0.3 is 0 Å². The highest BCUT2D eigenvalue weighted by Gasteiger charge is 2.12. The minimum Gasteiger partial charge on any atom is -0.316 e. The third-order valence-corrected chi connectivity index (χ3v) is 3.75. The van der Waals surface area contributed by atoms with Gasteiger partial charge in [-0.15, -0.1) is 0 Å². The van der Waals surface area contributed by atoms with E-state index in [2.05, 4.69) is 21.2 Å². The molecule has 1 atom stereocenters. The molecule has 0 radical (unpaired) electrons. The zero-order chi connectivity index (χ0) is 14.5. The topological polar surface area (TPSA) is 12.0 Å². The molecule has 1 nitrogen and oxygen atoms in total. The summed E-state index contributed by atoms with van der Waals surface area (Å²) in [6, 6.07) is 11.6. The minimum atomic E-state index is -0.243. The van der Waals surface area contributed by atoms with E-state index in [-0.39, 0.29) is 17.7 Å². The second-order valence-electron chi connectivity index (χ2n) is 4.76. The van der Waals surface area contributed by atoms with Gasteiger partial charge in [0.05, 0.1) is 0 Å². The van der Waals surface area contributed by atoms with Crippen LogP contribution in [0.25, 0.3) is 0 Å². The predicted octanol–water partition coefficient (Wildman–Crippen LogP) is 4.10. The van der Waals surface area contributed by atoms with E-state index in [4.69, 9.17) is 0 Å². The summed E-state index contributed by atoms with van der Waals surface area (Å²) in [5.41, 5.74) is 1.56. The molecule has 0 aromatic heterocycles. The molecule has 0 aliphatic heterocycles. The number of benzene rings is 2. The first kappa shape index (κ1) is 15.1. The highest BCUT2D eigenvalue weighted by molar-refractivity contribution is 9.10. The van der Waals surface area contributed by atoms with Crippen LogP contribution in [0.4, 0.5) is 8.78 Å². The van der Waals surface area contributed by atoms with Crippen LogP contribution in [0.2, 0.25) is 0 Å². The maximum Gasteiger partial charge on any atom is 0.127 e. The summed E-state index contributed by atoms with van der Waals surface area (Å²) in [6.45, 7) is 0. The van der Waals surface area contributed by atoms with Gasteiger partial charge in [0.1, 0.15) is 11.6 Å². The fourth-order valence-corrected chi connectivity index (χ4v) is 2.51. The van der Waals surface area contributed by atoms with Crippen LogP contribution in [0, 0.1) is 11.6 Å². The molecular weight excluding hydrogens is 324 g/mol. The van der Waals surface area contributed by atoms with Gasteiger partial charge in [-0.2, -0.15) is 0 Å². The van der Waals surface area contributed by atoms with Gasteiger partial charge in [-0.1, -0.05) is 34.1 Å². The van der Waals surface area contributed by atoms with Gasteiger partial charge in [0, 0.05) is 10.5 Å². The Bertz CT molecular complexity index is 586. The average molecular weight is 340 g/mol. The molecule has 0 aliphatic carbocycles. The minimum absolute atomic E-state index is 0.0625. The molecule has 4 heteroatoms. The van der Waals surface area contributed by atoms with Crippen LogP contribution in [-0.4, -0.2) is 13.1 Å². The lowest BCUT2D eigenvalue weighted by Gasteiger charge is -2.17. The Hall–Kier alpha value is -1.26. The fourth-order valence-electron chi connectivity index (χ4n) is 2.18. The Morgan fingerprint density at radius 3 is 2.55 bits per heavy atom. The summed E-state index contributed by atoms with van der Waals surface area (Å²) in [5.74, 6) is -0.467. The molecule has 2 rings (SSSR count). The van der Waals surface area contributed by atoms with Crippen LogP contribution in [0.1, 0.15) is 11.1 Å². The summed E-state index contributed by atoms with van der Waals surface area (Å²) >= 11 is 3.24. The number of rotatable bonds is 5. The number of hydrogen-bond acceptors (Lipinski definition) is 1. The lowest BCUT2D eigenvalue weighted by Crippen LogP contribution is -2.30. The Kier molecular flexibility index (Phi) is 5.26. The molecule has 0 saturated carbocycles. The van der Waals surface area contributed by atoms with E-state index in [0.717, 1.165) is 10.0 Å². The van der Waals surface area contributed by atoms with Gasteiger partial charge in [-0.25, -0.2) is 8.78 Å². The molecule has 106 valence electrons. The van der Waals surface area contributed by atoms with Crippen LogP contribution in [0.5, 0.6) is 0 Å². The number of nitrogens with one attached hydrogen (secondary N) is 1. The van der Waals surface area contributed by atoms with E-state index in [1.54, 1.807) is 12.1 Å². The first-order valence-corrected chi connectivity index (χ1v) is 7.23. The highest BCUT2D eigenvalue weighted by atomic mass is 79.9. The SMILES string of the molecule is CNC(Cc1cccc(F)c1)Cc1ccc(Br)cc1F. The van der Waals surface area contributed by atoms with Crippen molar-refractivity contribution >= 4 is 15.9 Å². The van der Waals surface area contributed by atoms with Gasteiger partial charge in [-0.3, -0.25) is 0 Å². The Morgan fingerprint density at radius 1 is 1.10 bits per heavy atom. The predicted molar refractivity (Wildman–Crippen MR) is 80.8 cm³/mol. The van der Waals surface area contributed by atoms with Gasteiger partial charge in [-0.05, 0) is 55.3 Å². The average Bonchev–Trinajstić information content (AvgIpc) is 2.41. The molecule has 0 amide bonds. The zero-order valence-electron chi connectivity index (χ0n) is 11.2. The van der Waals surface area contributed by atoms with Crippen molar-refractivity contribution in [3.05, 3.63) is 69.7 Å². The van der Waals surface area contributed by atoms with E-state index in [1.807, 2.05) is 19.2 Å². The van der Waals surface area contributed by atoms with Crippen LogP contribution in [0.3, 0.4) is 0 Å². The van der Waals surface area contributed by atoms with E-state index < -0.39 is 0 Å². The van der Waals surface area contributed by atoms with Gasteiger partial charge in [0.25, 0.3) is 0 Å². The lowest BCUT2D eigenvalue weighted by molar-refractivity contribution is 0.530. The summed E-state index contributed by atoms with van der Waals surface area (Å²) in [4.78, 5) is 0. The van der Waals surface area contributed by atoms with Crippen molar-refractivity contribution in [1.29, 1.82) is 0 Å². The monoisotopic (exact) mass is 339 g/mol. The summed E-state index contributed by atoms with van der Waals surface area (Å²) in [6.07, 6.45) is 1.22. The number of hydrogen-bond donors (Lipinski definition) is 1. The third-order valence-electron chi connectivity index (χ3n) is 3.26. The lowest BCUT2D eigenvalue weighted by atomic mass is 9.99. The molecule has 0 aliphatic rings. The molecule has 0 saturated heterocycles. The van der Waals surface area contributed by atoms with Gasteiger partial charge in [0.2, 0.25) is 0 Å². The van der Waals surface area contributed by atoms with Gasteiger partial charge in [0.15, 0.2) is 0 Å². The number of halogens is 3. The first-order chi connectivity index (χ1) is 9.58. The molecule has 0 fully saturated rings. The van der Waals surface area contributed by atoms with Crippen molar-refractivity contribution in [1.82, 2.24) is 5.32 Å². The van der Waals surface area contributed by atoms with Crippen LogP contribution >= 0.6 is 15.9 Å². The van der Waals surface area contributed by atoms with Crippen molar-refractivity contribution in [2.45, 2.75) is 18.9 Å². The summed E-state index contributed by atoms with van der Waals surface area (Å²) < 4.78 is 27.7. The Morgan fingerprint density at radius 2 is 1.90 bits per heavy atom. The summed E-state index contributed by atoms with van der Waals surface area (Å²) in [7, 11) is 1.83. The normalized spacial score (nSPS) is 12.4. The zero-order valence-corrected chi connectivity index (χ0v) is 12.8. The van der Waals surface area contributed by atoms with Crippen molar-refractivity contribution in [3.63, 3.8) is 0 Å². The maximum atomic E-state index is 13.8. The molecular formula is C16H16BrF2N. The van der Waals surface area contributed by atoms with Gasteiger partial charge < -0.3 is 5.32 Å². The second kappa shape index (κ2) is 6.95. The van der Waals surface area contributed by atoms with E-state index in [1.165, 1.54) is 18.2 Å². The van der Waals surface area contributed by atoms with E-state index in [9.17, 15) is 8.78 Å². The third kappa shape index (κ3) is 4.12. The standard InChI is InChI=1S/C16H16BrF2N/c1-20-15(8-11-3-2-4-14(18)7-11)9-12-5-6-13(17)10-16(12)19/h2-7,10,15,20H,8-9H2,1H3. The molecule has 2 aromatic rings. The first-order valence-electron chi connectivity index (χ1n) is 6.44. The summed E-state index contributed by atoms with van der Waals surface area (Å²) in [5, 5.41) is 3.16. The largest absolute Gasteiger partial charge is 0.316 e. The molecule has 0 spiro atoms. The van der Waals surface area contributed by atoms with Crippen molar-refractivity contribution in [2.75, 3.05) is 7.05 Å². The van der Waals surface area contributed by atoms with E-state index >= 15 is 0 Å².